The van der Waals surface area contributed by atoms with Gasteiger partial charge in [0.2, 0.25) is 0 Å². The Hall–Kier alpha value is -0.240. The molecule has 0 aliphatic carbocycles. The summed E-state index contributed by atoms with van der Waals surface area (Å²) in [6.45, 7) is 3.21. The number of rotatable bonds is 1. The maximum Gasteiger partial charge on any atom is 0.166 e. The van der Waals surface area contributed by atoms with Crippen molar-refractivity contribution in [2.75, 3.05) is 0 Å². The lowest BCUT2D eigenvalue weighted by molar-refractivity contribution is 0.104. The van der Waals surface area contributed by atoms with Crippen molar-refractivity contribution >= 4 is 40.6 Å². The van der Waals surface area contributed by atoms with Crippen molar-refractivity contribution in [2.45, 2.75) is 0 Å². The first-order chi connectivity index (χ1) is 5.52. The van der Waals surface area contributed by atoms with Crippen LogP contribution >= 0.6 is 34.8 Å². The standard InChI is InChI=1S/C8H4Cl3O/c1-4(12)8-6(10)2-5(9)3-7(8)11/h2-3H,1H2. The van der Waals surface area contributed by atoms with Gasteiger partial charge in [0.05, 0.1) is 15.6 Å². The fourth-order valence-corrected chi connectivity index (χ4v) is 1.84. The molecule has 0 saturated carbocycles. The molecule has 0 unspecified atom stereocenters. The fourth-order valence-electron chi connectivity index (χ4n) is 0.809. The van der Waals surface area contributed by atoms with Gasteiger partial charge in [0.1, 0.15) is 0 Å². The second kappa shape index (κ2) is 3.65. The van der Waals surface area contributed by atoms with Crippen LogP contribution in [0.3, 0.4) is 0 Å². The first kappa shape index (κ1) is 9.85. The van der Waals surface area contributed by atoms with E-state index in [1.54, 1.807) is 0 Å². The highest BCUT2D eigenvalue weighted by atomic mass is 35.5. The Bertz CT molecular complexity index is 310. The zero-order chi connectivity index (χ0) is 9.30. The van der Waals surface area contributed by atoms with E-state index in [1.165, 1.54) is 12.1 Å². The molecule has 1 aromatic rings. The minimum Gasteiger partial charge on any atom is -0.294 e. The molecule has 1 aromatic carbocycles. The van der Waals surface area contributed by atoms with Gasteiger partial charge >= 0.3 is 0 Å². The first-order valence-electron chi connectivity index (χ1n) is 3.03. The third-order valence-electron chi connectivity index (χ3n) is 1.29. The highest BCUT2D eigenvalue weighted by molar-refractivity contribution is 6.42. The minimum atomic E-state index is -0.415. The van der Waals surface area contributed by atoms with Crippen LogP contribution in [0.15, 0.2) is 12.1 Å². The average Bonchev–Trinajstić information content (AvgIpc) is 1.82. The summed E-state index contributed by atoms with van der Waals surface area (Å²) >= 11 is 17.0. The second-order valence-corrected chi connectivity index (χ2v) is 3.42. The maximum atomic E-state index is 10.9. The largest absolute Gasteiger partial charge is 0.294 e. The van der Waals surface area contributed by atoms with Gasteiger partial charge in [-0.3, -0.25) is 4.79 Å². The molecular weight excluding hydrogens is 218 g/mol. The normalized spacial score (nSPS) is 10.0. The molecule has 1 radical (unpaired) electrons. The third-order valence-corrected chi connectivity index (χ3v) is 2.10. The third kappa shape index (κ3) is 1.92. The molecule has 0 aromatic heterocycles. The van der Waals surface area contributed by atoms with Crippen LogP contribution in [0.25, 0.3) is 0 Å². The van der Waals surface area contributed by atoms with E-state index in [9.17, 15) is 4.79 Å². The Morgan fingerprint density at radius 1 is 1.17 bits per heavy atom. The Labute approximate surface area is 85.2 Å². The topological polar surface area (TPSA) is 17.1 Å². The molecular formula is C8H4Cl3O. The molecule has 0 heterocycles. The van der Waals surface area contributed by atoms with E-state index in [4.69, 9.17) is 34.8 Å². The Morgan fingerprint density at radius 2 is 1.58 bits per heavy atom. The summed E-state index contributed by atoms with van der Waals surface area (Å²) in [5, 5.41) is 0.856. The summed E-state index contributed by atoms with van der Waals surface area (Å²) in [6, 6.07) is 2.90. The fraction of sp³-hybridized carbons (Fsp3) is 0. The molecule has 0 aliphatic heterocycles. The van der Waals surface area contributed by atoms with Gasteiger partial charge in [0, 0.05) is 11.9 Å². The van der Waals surface area contributed by atoms with Crippen molar-refractivity contribution in [1.29, 1.82) is 0 Å². The van der Waals surface area contributed by atoms with Gasteiger partial charge in [-0.25, -0.2) is 0 Å². The van der Waals surface area contributed by atoms with Gasteiger partial charge in [0.25, 0.3) is 0 Å². The van der Waals surface area contributed by atoms with E-state index >= 15 is 0 Å². The van der Waals surface area contributed by atoms with Crippen LogP contribution in [0.5, 0.6) is 0 Å². The van der Waals surface area contributed by atoms with E-state index in [2.05, 4.69) is 6.92 Å². The first-order valence-corrected chi connectivity index (χ1v) is 4.16. The summed E-state index contributed by atoms with van der Waals surface area (Å²) in [5.41, 5.74) is 0.211. The SMILES string of the molecule is [CH2]C(=O)c1c(Cl)cc(Cl)cc1Cl. The second-order valence-electron chi connectivity index (χ2n) is 2.17. The highest BCUT2D eigenvalue weighted by Gasteiger charge is 2.11. The van der Waals surface area contributed by atoms with E-state index in [0.29, 0.717) is 5.02 Å². The summed E-state index contributed by atoms with van der Waals surface area (Å²) in [4.78, 5) is 10.9. The van der Waals surface area contributed by atoms with Crippen molar-refractivity contribution in [3.8, 4) is 0 Å². The predicted octanol–water partition coefficient (Wildman–Crippen LogP) is 3.66. The number of ketones is 1. The van der Waals surface area contributed by atoms with Crippen molar-refractivity contribution in [3.63, 3.8) is 0 Å². The summed E-state index contributed by atoms with van der Waals surface area (Å²) in [5.74, 6) is -0.415. The van der Waals surface area contributed by atoms with Crippen LogP contribution in [0, 0.1) is 6.92 Å². The molecule has 0 fully saturated rings. The van der Waals surface area contributed by atoms with Crippen LogP contribution < -0.4 is 0 Å². The quantitative estimate of drug-likeness (QED) is 0.663. The molecule has 63 valence electrons. The number of halogens is 3. The Morgan fingerprint density at radius 3 is 1.92 bits per heavy atom. The molecule has 0 atom stereocenters. The number of hydrogen-bond acceptors (Lipinski definition) is 1. The van der Waals surface area contributed by atoms with Gasteiger partial charge in [-0.05, 0) is 12.1 Å². The summed E-state index contributed by atoms with van der Waals surface area (Å²) in [7, 11) is 0. The minimum absolute atomic E-state index is 0.211. The zero-order valence-corrected chi connectivity index (χ0v) is 8.17. The average molecular weight is 222 g/mol. The number of hydrogen-bond donors (Lipinski definition) is 0. The zero-order valence-electron chi connectivity index (χ0n) is 5.90. The molecule has 12 heavy (non-hydrogen) atoms. The maximum absolute atomic E-state index is 10.9. The molecule has 0 saturated heterocycles. The van der Waals surface area contributed by atoms with E-state index in [1.807, 2.05) is 0 Å². The van der Waals surface area contributed by atoms with Gasteiger partial charge in [-0.1, -0.05) is 34.8 Å². The molecule has 1 rings (SSSR count). The lowest BCUT2D eigenvalue weighted by atomic mass is 10.1. The molecule has 4 heteroatoms. The van der Waals surface area contributed by atoms with E-state index in [0.717, 1.165) is 0 Å². The molecule has 0 amide bonds. The molecule has 0 spiro atoms. The summed E-state index contributed by atoms with van der Waals surface area (Å²) in [6.07, 6.45) is 0. The van der Waals surface area contributed by atoms with E-state index in [-0.39, 0.29) is 15.6 Å². The van der Waals surface area contributed by atoms with Gasteiger partial charge in [-0.15, -0.1) is 0 Å². The number of carbonyl (C=O) groups excluding carboxylic acids is 1. The van der Waals surface area contributed by atoms with Crippen molar-refractivity contribution in [3.05, 3.63) is 39.7 Å². The van der Waals surface area contributed by atoms with Crippen LogP contribution in [-0.2, 0) is 0 Å². The highest BCUT2D eigenvalue weighted by Crippen LogP contribution is 2.28. The predicted molar refractivity (Wildman–Crippen MR) is 51.2 cm³/mol. The number of benzene rings is 1. The van der Waals surface area contributed by atoms with Gasteiger partial charge in [-0.2, -0.15) is 0 Å². The van der Waals surface area contributed by atoms with E-state index < -0.39 is 5.78 Å². The van der Waals surface area contributed by atoms with Crippen molar-refractivity contribution in [1.82, 2.24) is 0 Å². The van der Waals surface area contributed by atoms with Crippen LogP contribution in [-0.4, -0.2) is 5.78 Å². The lowest BCUT2D eigenvalue weighted by Gasteiger charge is -2.02. The van der Waals surface area contributed by atoms with Gasteiger partial charge < -0.3 is 0 Å². The van der Waals surface area contributed by atoms with Crippen molar-refractivity contribution < 1.29 is 4.79 Å². The monoisotopic (exact) mass is 221 g/mol. The van der Waals surface area contributed by atoms with Crippen molar-refractivity contribution in [2.24, 2.45) is 0 Å². The Kier molecular flexibility index (Phi) is 2.99. The number of carbonyl (C=O) groups is 1. The molecule has 1 nitrogen and oxygen atoms in total. The smallest absolute Gasteiger partial charge is 0.166 e. The molecule has 0 bridgehead atoms. The number of Topliss-reactive ketones (excluding diaryl/α,β-unsaturated/α-hetero) is 1. The van der Waals surface area contributed by atoms with Gasteiger partial charge in [0.15, 0.2) is 5.78 Å². The van der Waals surface area contributed by atoms with Crippen LogP contribution in [0.4, 0.5) is 0 Å². The van der Waals surface area contributed by atoms with Crippen LogP contribution in [0.1, 0.15) is 10.4 Å². The summed E-state index contributed by atoms with van der Waals surface area (Å²) < 4.78 is 0. The molecule has 0 aliphatic rings. The molecule has 0 N–H and O–H groups in total. The Balaban J connectivity index is 3.38. The lowest BCUT2D eigenvalue weighted by Crippen LogP contribution is -1.94. The van der Waals surface area contributed by atoms with Crippen LogP contribution in [0.2, 0.25) is 15.1 Å².